The Morgan fingerprint density at radius 3 is 2.38 bits per heavy atom. The zero-order chi connectivity index (χ0) is 15.4. The fraction of sp³-hybridized carbons (Fsp3) is 0.412. The molecule has 4 heteroatoms. The van der Waals surface area contributed by atoms with E-state index in [4.69, 9.17) is 0 Å². The molecule has 21 heavy (non-hydrogen) atoms. The number of aryl methyl sites for hydroxylation is 2. The SMILES string of the molecule is CCNc1nc(C)nc(NC(C)c2ccccc2C)c1C. The van der Waals surface area contributed by atoms with Crippen molar-refractivity contribution in [3.63, 3.8) is 0 Å². The van der Waals surface area contributed by atoms with Gasteiger partial charge in [0.05, 0.1) is 6.04 Å². The van der Waals surface area contributed by atoms with E-state index in [0.29, 0.717) is 0 Å². The van der Waals surface area contributed by atoms with Crippen molar-refractivity contribution in [3.8, 4) is 0 Å². The molecule has 0 spiro atoms. The minimum Gasteiger partial charge on any atom is -0.370 e. The highest BCUT2D eigenvalue weighted by atomic mass is 15.1. The fourth-order valence-corrected chi connectivity index (χ4v) is 2.46. The first kappa shape index (κ1) is 15.3. The lowest BCUT2D eigenvalue weighted by atomic mass is 10.0. The number of aromatic nitrogens is 2. The minimum atomic E-state index is 0.202. The van der Waals surface area contributed by atoms with Gasteiger partial charge in [0.15, 0.2) is 0 Å². The molecule has 0 amide bonds. The summed E-state index contributed by atoms with van der Waals surface area (Å²) in [7, 11) is 0. The number of nitrogens with one attached hydrogen (secondary N) is 2. The van der Waals surface area contributed by atoms with Crippen molar-refractivity contribution in [2.24, 2.45) is 0 Å². The standard InChI is InChI=1S/C17H24N4/c1-6-18-16-12(3)17(21-14(5)20-16)19-13(4)15-10-8-7-9-11(15)2/h7-10,13H,6H2,1-5H3,(H2,18,19,20,21). The molecular formula is C17H24N4. The van der Waals surface area contributed by atoms with E-state index in [0.717, 1.165) is 29.6 Å². The van der Waals surface area contributed by atoms with E-state index in [1.54, 1.807) is 0 Å². The molecule has 0 aliphatic carbocycles. The molecule has 0 bridgehead atoms. The van der Waals surface area contributed by atoms with Crippen molar-refractivity contribution >= 4 is 11.6 Å². The van der Waals surface area contributed by atoms with E-state index >= 15 is 0 Å². The van der Waals surface area contributed by atoms with Crippen LogP contribution in [-0.2, 0) is 0 Å². The molecule has 0 fully saturated rings. The van der Waals surface area contributed by atoms with E-state index in [-0.39, 0.29) is 6.04 Å². The average molecular weight is 284 g/mol. The second-order valence-electron chi connectivity index (χ2n) is 5.35. The van der Waals surface area contributed by atoms with Crippen LogP contribution in [0.2, 0.25) is 0 Å². The van der Waals surface area contributed by atoms with Crippen molar-refractivity contribution < 1.29 is 0 Å². The van der Waals surface area contributed by atoms with Crippen molar-refractivity contribution in [3.05, 3.63) is 46.8 Å². The largest absolute Gasteiger partial charge is 0.370 e. The molecule has 2 rings (SSSR count). The van der Waals surface area contributed by atoms with Gasteiger partial charge in [-0.3, -0.25) is 0 Å². The van der Waals surface area contributed by atoms with Gasteiger partial charge in [0.25, 0.3) is 0 Å². The van der Waals surface area contributed by atoms with Crippen LogP contribution >= 0.6 is 0 Å². The summed E-state index contributed by atoms with van der Waals surface area (Å²) in [5.41, 5.74) is 3.63. The van der Waals surface area contributed by atoms with Crippen LogP contribution in [0.25, 0.3) is 0 Å². The summed E-state index contributed by atoms with van der Waals surface area (Å²) in [5, 5.41) is 6.81. The Hall–Kier alpha value is -2.10. The Balaban J connectivity index is 2.29. The van der Waals surface area contributed by atoms with Gasteiger partial charge >= 0.3 is 0 Å². The monoisotopic (exact) mass is 284 g/mol. The fourth-order valence-electron chi connectivity index (χ4n) is 2.46. The van der Waals surface area contributed by atoms with Crippen LogP contribution in [0.3, 0.4) is 0 Å². The second-order valence-corrected chi connectivity index (χ2v) is 5.35. The molecule has 2 N–H and O–H groups in total. The molecule has 1 unspecified atom stereocenters. The molecule has 0 saturated carbocycles. The van der Waals surface area contributed by atoms with E-state index in [9.17, 15) is 0 Å². The Labute approximate surface area is 127 Å². The van der Waals surface area contributed by atoms with E-state index in [1.807, 2.05) is 13.8 Å². The quantitative estimate of drug-likeness (QED) is 0.871. The molecule has 0 aliphatic rings. The third-order valence-electron chi connectivity index (χ3n) is 3.61. The van der Waals surface area contributed by atoms with Crippen molar-refractivity contribution in [2.75, 3.05) is 17.2 Å². The summed E-state index contributed by atoms with van der Waals surface area (Å²) in [5.74, 6) is 2.58. The zero-order valence-electron chi connectivity index (χ0n) is 13.5. The molecule has 0 aliphatic heterocycles. The number of hydrogen-bond acceptors (Lipinski definition) is 4. The predicted octanol–water partition coefficient (Wildman–Crippen LogP) is 4.01. The van der Waals surface area contributed by atoms with Crippen molar-refractivity contribution in [2.45, 2.75) is 40.7 Å². The van der Waals surface area contributed by atoms with Crippen LogP contribution in [0, 0.1) is 20.8 Å². The van der Waals surface area contributed by atoms with Gasteiger partial charge in [0.1, 0.15) is 17.5 Å². The number of benzene rings is 1. The number of nitrogens with zero attached hydrogens (tertiary/aromatic N) is 2. The maximum absolute atomic E-state index is 4.55. The summed E-state index contributed by atoms with van der Waals surface area (Å²) in [6.45, 7) is 11.2. The van der Waals surface area contributed by atoms with E-state index < -0.39 is 0 Å². The van der Waals surface area contributed by atoms with Crippen LogP contribution in [0.5, 0.6) is 0 Å². The number of rotatable bonds is 5. The zero-order valence-corrected chi connectivity index (χ0v) is 13.5. The number of anilines is 2. The van der Waals surface area contributed by atoms with Gasteiger partial charge in [-0.15, -0.1) is 0 Å². The molecule has 1 aromatic carbocycles. The van der Waals surface area contributed by atoms with Crippen LogP contribution in [-0.4, -0.2) is 16.5 Å². The van der Waals surface area contributed by atoms with Crippen molar-refractivity contribution in [1.29, 1.82) is 0 Å². The predicted molar refractivity (Wildman–Crippen MR) is 88.9 cm³/mol. The Morgan fingerprint density at radius 1 is 1.05 bits per heavy atom. The lowest BCUT2D eigenvalue weighted by Gasteiger charge is -2.20. The van der Waals surface area contributed by atoms with Crippen LogP contribution in [0.4, 0.5) is 11.6 Å². The van der Waals surface area contributed by atoms with Crippen LogP contribution in [0.1, 0.15) is 42.4 Å². The van der Waals surface area contributed by atoms with Crippen molar-refractivity contribution in [1.82, 2.24) is 9.97 Å². The van der Waals surface area contributed by atoms with Crippen LogP contribution < -0.4 is 10.6 Å². The maximum atomic E-state index is 4.55. The van der Waals surface area contributed by atoms with Gasteiger partial charge in [0.2, 0.25) is 0 Å². The first-order valence-corrected chi connectivity index (χ1v) is 7.44. The second kappa shape index (κ2) is 6.57. The highest BCUT2D eigenvalue weighted by Crippen LogP contribution is 2.25. The Morgan fingerprint density at radius 2 is 1.71 bits per heavy atom. The van der Waals surface area contributed by atoms with E-state index in [2.05, 4.69) is 65.6 Å². The molecule has 0 saturated heterocycles. The highest BCUT2D eigenvalue weighted by Gasteiger charge is 2.13. The van der Waals surface area contributed by atoms with Crippen LogP contribution in [0.15, 0.2) is 24.3 Å². The summed E-state index contributed by atoms with van der Waals surface area (Å²) in [4.78, 5) is 9.01. The van der Waals surface area contributed by atoms with E-state index in [1.165, 1.54) is 11.1 Å². The third kappa shape index (κ3) is 3.51. The first-order valence-electron chi connectivity index (χ1n) is 7.44. The van der Waals surface area contributed by atoms with Gasteiger partial charge < -0.3 is 10.6 Å². The summed E-state index contributed by atoms with van der Waals surface area (Å²) >= 11 is 0. The normalized spacial score (nSPS) is 12.0. The van der Waals surface area contributed by atoms with Gasteiger partial charge in [-0.05, 0) is 45.7 Å². The minimum absolute atomic E-state index is 0.202. The Bertz CT molecular complexity index is 622. The van der Waals surface area contributed by atoms with Gasteiger partial charge in [-0.2, -0.15) is 0 Å². The lowest BCUT2D eigenvalue weighted by Crippen LogP contribution is -2.13. The van der Waals surface area contributed by atoms with Gasteiger partial charge in [-0.1, -0.05) is 24.3 Å². The number of hydrogen-bond donors (Lipinski definition) is 2. The topological polar surface area (TPSA) is 49.8 Å². The molecule has 1 heterocycles. The lowest BCUT2D eigenvalue weighted by molar-refractivity contribution is 0.854. The summed E-state index contributed by atoms with van der Waals surface area (Å²) in [6.07, 6.45) is 0. The molecule has 4 nitrogen and oxygen atoms in total. The highest BCUT2D eigenvalue weighted by molar-refractivity contribution is 5.58. The molecular weight excluding hydrogens is 260 g/mol. The molecule has 112 valence electrons. The summed E-state index contributed by atoms with van der Waals surface area (Å²) < 4.78 is 0. The summed E-state index contributed by atoms with van der Waals surface area (Å²) in [6, 6.07) is 8.63. The average Bonchev–Trinajstić information content (AvgIpc) is 2.44. The first-order chi connectivity index (χ1) is 10.0. The molecule has 1 atom stereocenters. The third-order valence-corrected chi connectivity index (χ3v) is 3.61. The van der Waals surface area contributed by atoms with Gasteiger partial charge in [0, 0.05) is 12.1 Å². The molecule has 0 radical (unpaired) electrons. The molecule has 1 aromatic heterocycles. The van der Waals surface area contributed by atoms with Gasteiger partial charge in [-0.25, -0.2) is 9.97 Å². The maximum Gasteiger partial charge on any atom is 0.135 e. The molecule has 2 aromatic rings. The Kier molecular flexibility index (Phi) is 4.78. The smallest absolute Gasteiger partial charge is 0.135 e.